The lowest BCUT2D eigenvalue weighted by Gasteiger charge is -2.29. The van der Waals surface area contributed by atoms with Crippen molar-refractivity contribution in [3.63, 3.8) is 0 Å². The predicted molar refractivity (Wildman–Crippen MR) is 54.0 cm³/mol. The molecule has 0 spiro atoms. The Labute approximate surface area is 83.4 Å². The molecule has 3 heteroatoms. The van der Waals surface area contributed by atoms with Gasteiger partial charge in [0.15, 0.2) is 0 Å². The van der Waals surface area contributed by atoms with Crippen molar-refractivity contribution in [2.24, 2.45) is 5.92 Å². The van der Waals surface area contributed by atoms with Gasteiger partial charge in [-0.1, -0.05) is 18.2 Å². The minimum absolute atomic E-state index is 0.187. The van der Waals surface area contributed by atoms with Gasteiger partial charge in [0.2, 0.25) is 0 Å². The lowest BCUT2D eigenvalue weighted by molar-refractivity contribution is 0.124. The molecule has 3 N–H and O–H groups in total. The van der Waals surface area contributed by atoms with E-state index in [1.165, 1.54) is 0 Å². The number of phenols is 1. The summed E-state index contributed by atoms with van der Waals surface area (Å²) in [6, 6.07) is 6.97. The van der Waals surface area contributed by atoms with Crippen LogP contribution in [-0.2, 0) is 0 Å². The van der Waals surface area contributed by atoms with Crippen LogP contribution in [0.15, 0.2) is 24.3 Å². The number of aliphatic hydroxyl groups is 1. The van der Waals surface area contributed by atoms with Gasteiger partial charge in [-0.15, -0.1) is 0 Å². The van der Waals surface area contributed by atoms with Gasteiger partial charge in [-0.05, 0) is 31.5 Å². The first-order valence-corrected chi connectivity index (χ1v) is 4.94. The first kappa shape index (κ1) is 9.49. The van der Waals surface area contributed by atoms with Crippen molar-refractivity contribution in [2.75, 3.05) is 13.1 Å². The van der Waals surface area contributed by atoms with Crippen LogP contribution in [0.5, 0.6) is 5.75 Å². The number of benzene rings is 1. The molecule has 1 unspecified atom stereocenters. The van der Waals surface area contributed by atoms with Crippen molar-refractivity contribution in [3.05, 3.63) is 29.8 Å². The smallest absolute Gasteiger partial charge is 0.121 e. The molecule has 1 fully saturated rings. The molecular weight excluding hydrogens is 178 g/mol. The first-order chi connectivity index (χ1) is 6.77. The standard InChI is InChI=1S/C11H15NO2/c13-10-4-2-1-3-9(10)11(14)5-8-6-12-7-8/h1-4,8,11-14H,5-7H2. The highest BCUT2D eigenvalue weighted by Gasteiger charge is 2.22. The van der Waals surface area contributed by atoms with E-state index in [4.69, 9.17) is 0 Å². The van der Waals surface area contributed by atoms with Crippen LogP contribution >= 0.6 is 0 Å². The third-order valence-electron chi connectivity index (χ3n) is 2.72. The van der Waals surface area contributed by atoms with Crippen LogP contribution < -0.4 is 5.32 Å². The molecule has 1 aromatic rings. The first-order valence-electron chi connectivity index (χ1n) is 4.94. The number of aliphatic hydroxyl groups excluding tert-OH is 1. The summed E-state index contributed by atoms with van der Waals surface area (Å²) in [5, 5.41) is 22.5. The maximum atomic E-state index is 9.85. The maximum Gasteiger partial charge on any atom is 0.121 e. The van der Waals surface area contributed by atoms with E-state index in [1.54, 1.807) is 18.2 Å². The van der Waals surface area contributed by atoms with Crippen LogP contribution in [0.1, 0.15) is 18.1 Å². The van der Waals surface area contributed by atoms with Crippen LogP contribution in [0.25, 0.3) is 0 Å². The van der Waals surface area contributed by atoms with Crippen molar-refractivity contribution in [3.8, 4) is 5.75 Å². The van der Waals surface area contributed by atoms with E-state index >= 15 is 0 Å². The van der Waals surface area contributed by atoms with Crippen LogP contribution in [0, 0.1) is 5.92 Å². The van der Waals surface area contributed by atoms with E-state index in [0.717, 1.165) is 19.5 Å². The maximum absolute atomic E-state index is 9.85. The molecule has 1 aromatic carbocycles. The third-order valence-corrected chi connectivity index (χ3v) is 2.72. The van der Waals surface area contributed by atoms with Crippen molar-refractivity contribution >= 4 is 0 Å². The molecule has 3 nitrogen and oxygen atoms in total. The summed E-state index contributed by atoms with van der Waals surface area (Å²) in [6.07, 6.45) is 0.188. The van der Waals surface area contributed by atoms with Crippen LogP contribution in [0.3, 0.4) is 0 Å². The summed E-state index contributed by atoms with van der Waals surface area (Å²) in [5.41, 5.74) is 0.638. The van der Waals surface area contributed by atoms with Gasteiger partial charge in [-0.2, -0.15) is 0 Å². The van der Waals surface area contributed by atoms with Gasteiger partial charge in [-0.3, -0.25) is 0 Å². The van der Waals surface area contributed by atoms with Crippen molar-refractivity contribution in [2.45, 2.75) is 12.5 Å². The monoisotopic (exact) mass is 193 g/mol. The summed E-state index contributed by atoms with van der Waals surface area (Å²) >= 11 is 0. The van der Waals surface area contributed by atoms with Gasteiger partial charge in [0.05, 0.1) is 6.10 Å². The Hall–Kier alpha value is -1.06. The molecule has 0 aromatic heterocycles. The fourth-order valence-electron chi connectivity index (χ4n) is 1.73. The fourth-order valence-corrected chi connectivity index (χ4v) is 1.73. The number of nitrogens with one attached hydrogen (secondary N) is 1. The van der Waals surface area contributed by atoms with E-state index in [9.17, 15) is 10.2 Å². The van der Waals surface area contributed by atoms with Crippen molar-refractivity contribution in [1.82, 2.24) is 5.32 Å². The predicted octanol–water partition coefficient (Wildman–Crippen LogP) is 1.04. The highest BCUT2D eigenvalue weighted by atomic mass is 16.3. The summed E-state index contributed by atoms with van der Waals surface area (Å²) in [6.45, 7) is 1.95. The van der Waals surface area contributed by atoms with E-state index in [-0.39, 0.29) is 5.75 Å². The van der Waals surface area contributed by atoms with Gasteiger partial charge in [0, 0.05) is 5.56 Å². The van der Waals surface area contributed by atoms with E-state index in [0.29, 0.717) is 11.5 Å². The van der Waals surface area contributed by atoms with E-state index in [2.05, 4.69) is 5.32 Å². The Kier molecular flexibility index (Phi) is 2.70. The van der Waals surface area contributed by atoms with Crippen molar-refractivity contribution in [1.29, 1.82) is 0 Å². The van der Waals surface area contributed by atoms with E-state index < -0.39 is 6.10 Å². The highest BCUT2D eigenvalue weighted by molar-refractivity contribution is 5.33. The molecule has 0 aliphatic carbocycles. The molecule has 1 aliphatic rings. The normalized spacial score (nSPS) is 18.9. The SMILES string of the molecule is Oc1ccccc1C(O)CC1CNC1. The summed E-state index contributed by atoms with van der Waals surface area (Å²) < 4.78 is 0. The average Bonchev–Trinajstić information content (AvgIpc) is 2.12. The summed E-state index contributed by atoms with van der Waals surface area (Å²) in [5.74, 6) is 0.733. The van der Waals surface area contributed by atoms with Crippen LogP contribution in [0.2, 0.25) is 0 Å². The molecule has 2 rings (SSSR count). The molecule has 0 saturated carbocycles. The average molecular weight is 193 g/mol. The summed E-state index contributed by atoms with van der Waals surface area (Å²) in [4.78, 5) is 0. The van der Waals surface area contributed by atoms with Gasteiger partial charge in [0.25, 0.3) is 0 Å². The van der Waals surface area contributed by atoms with Crippen LogP contribution in [0.4, 0.5) is 0 Å². The Balaban J connectivity index is 2.02. The third kappa shape index (κ3) is 1.89. The Morgan fingerprint density at radius 3 is 2.64 bits per heavy atom. The zero-order valence-electron chi connectivity index (χ0n) is 7.98. The van der Waals surface area contributed by atoms with Gasteiger partial charge in [0.1, 0.15) is 5.75 Å². The number of hydrogen-bond donors (Lipinski definition) is 3. The number of para-hydroxylation sites is 1. The second kappa shape index (κ2) is 3.98. The van der Waals surface area contributed by atoms with Crippen molar-refractivity contribution < 1.29 is 10.2 Å². The number of phenolic OH excluding ortho intramolecular Hbond substituents is 1. The van der Waals surface area contributed by atoms with E-state index in [1.807, 2.05) is 6.07 Å². The molecule has 1 saturated heterocycles. The van der Waals surface area contributed by atoms with Gasteiger partial charge >= 0.3 is 0 Å². The Bertz CT molecular complexity index is 310. The molecule has 0 bridgehead atoms. The molecule has 76 valence electrons. The Morgan fingerprint density at radius 1 is 1.36 bits per heavy atom. The largest absolute Gasteiger partial charge is 0.508 e. The number of aromatic hydroxyl groups is 1. The van der Waals surface area contributed by atoms with Gasteiger partial charge < -0.3 is 15.5 Å². The number of rotatable bonds is 3. The summed E-state index contributed by atoms with van der Waals surface area (Å²) in [7, 11) is 0. The molecule has 0 radical (unpaired) electrons. The molecule has 0 amide bonds. The topological polar surface area (TPSA) is 52.5 Å². The second-order valence-electron chi connectivity index (χ2n) is 3.83. The fraction of sp³-hybridized carbons (Fsp3) is 0.455. The molecule has 14 heavy (non-hydrogen) atoms. The Morgan fingerprint density at radius 2 is 2.07 bits per heavy atom. The van der Waals surface area contributed by atoms with Gasteiger partial charge in [-0.25, -0.2) is 0 Å². The zero-order chi connectivity index (χ0) is 9.97. The minimum atomic E-state index is -0.539. The number of hydrogen-bond acceptors (Lipinski definition) is 3. The lowest BCUT2D eigenvalue weighted by Crippen LogP contribution is -2.42. The molecule has 1 atom stereocenters. The second-order valence-corrected chi connectivity index (χ2v) is 3.83. The zero-order valence-corrected chi connectivity index (χ0v) is 7.98. The minimum Gasteiger partial charge on any atom is -0.508 e. The highest BCUT2D eigenvalue weighted by Crippen LogP contribution is 2.29. The quantitative estimate of drug-likeness (QED) is 0.672. The van der Waals surface area contributed by atoms with Crippen LogP contribution in [-0.4, -0.2) is 23.3 Å². The molecule has 1 heterocycles. The molecule has 1 aliphatic heterocycles. The lowest BCUT2D eigenvalue weighted by atomic mass is 9.92. The molecular formula is C11H15NO2.